The normalized spacial score (nSPS) is 21.1. The summed E-state index contributed by atoms with van der Waals surface area (Å²) in [5.41, 5.74) is 1.91. The van der Waals surface area contributed by atoms with E-state index in [-0.39, 0.29) is 6.04 Å². The second-order valence-corrected chi connectivity index (χ2v) is 9.69. The molecule has 2 heterocycles. The molecule has 0 radical (unpaired) electrons. The minimum Gasteiger partial charge on any atom is -0.391 e. The Bertz CT molecular complexity index is 1400. The van der Waals surface area contributed by atoms with Gasteiger partial charge in [0.15, 0.2) is 0 Å². The average molecular weight is 468 g/mol. The smallest absolute Gasteiger partial charge is 0.335 e. The van der Waals surface area contributed by atoms with Gasteiger partial charge in [-0.05, 0) is 35.2 Å². The highest BCUT2D eigenvalue weighted by Crippen LogP contribution is 2.34. The van der Waals surface area contributed by atoms with Crippen molar-refractivity contribution in [2.24, 2.45) is 0 Å². The van der Waals surface area contributed by atoms with Gasteiger partial charge in [0.2, 0.25) is 0 Å². The molecule has 0 aliphatic heterocycles. The molecule has 1 saturated carbocycles. The summed E-state index contributed by atoms with van der Waals surface area (Å²) in [6.07, 6.45) is 3.44. The van der Waals surface area contributed by atoms with Gasteiger partial charge in [-0.1, -0.05) is 42.5 Å². The fraction of sp³-hybridized carbons (Fsp3) is 0.304. The van der Waals surface area contributed by atoms with E-state index in [1.165, 1.54) is 22.7 Å². The first-order valence-electron chi connectivity index (χ1n) is 10.7. The summed E-state index contributed by atoms with van der Waals surface area (Å²) in [6, 6.07) is 15.7. The van der Waals surface area contributed by atoms with E-state index in [1.807, 2.05) is 35.0 Å². The molecule has 9 nitrogen and oxygen atoms in total. The third-order valence-corrected chi connectivity index (χ3v) is 7.28. The van der Waals surface area contributed by atoms with Crippen molar-refractivity contribution in [1.29, 1.82) is 0 Å². The van der Waals surface area contributed by atoms with E-state index in [0.29, 0.717) is 19.4 Å². The molecule has 1 fully saturated rings. The van der Waals surface area contributed by atoms with Crippen LogP contribution in [0.3, 0.4) is 0 Å². The van der Waals surface area contributed by atoms with Crippen LogP contribution in [0.1, 0.15) is 24.4 Å². The molecule has 4 aromatic rings. The summed E-state index contributed by atoms with van der Waals surface area (Å²) >= 11 is 0. The van der Waals surface area contributed by atoms with E-state index in [4.69, 9.17) is 0 Å². The minimum absolute atomic E-state index is 0.108. The van der Waals surface area contributed by atoms with Gasteiger partial charge in [-0.25, -0.2) is 9.97 Å². The predicted octanol–water partition coefficient (Wildman–Crippen LogP) is 2.74. The molecule has 3 atom stereocenters. The van der Waals surface area contributed by atoms with Crippen LogP contribution in [0, 0.1) is 0 Å². The van der Waals surface area contributed by atoms with Crippen LogP contribution in [0.4, 0.5) is 5.82 Å². The second-order valence-electron chi connectivity index (χ2n) is 8.21. The standard InChI is InChI=1S/C23H25N5O4S/c1-32-33(30,31)27-20-11-17(12-21(20)29)28-10-9-19-22(25-14-26-23(19)28)24-13-16-7-4-6-15-5-2-3-8-18(15)16/h2-10,14,17,20-21,27,29H,11-13H2,1H3,(H,24,25,26)/t17-,20+,21+/m1/s1. The summed E-state index contributed by atoms with van der Waals surface area (Å²) in [5.74, 6) is 0.724. The molecule has 172 valence electrons. The highest BCUT2D eigenvalue weighted by atomic mass is 32.2. The zero-order chi connectivity index (χ0) is 23.0. The van der Waals surface area contributed by atoms with E-state index in [9.17, 15) is 13.5 Å². The molecule has 10 heteroatoms. The highest BCUT2D eigenvalue weighted by Gasteiger charge is 2.37. The maximum absolute atomic E-state index is 11.7. The number of fused-ring (bicyclic) bond motifs is 2. The second kappa shape index (κ2) is 8.71. The Labute approximate surface area is 191 Å². The molecule has 2 aromatic carbocycles. The number of nitrogens with one attached hydrogen (secondary N) is 2. The predicted molar refractivity (Wildman–Crippen MR) is 126 cm³/mol. The van der Waals surface area contributed by atoms with Crippen LogP contribution in [-0.2, 0) is 21.0 Å². The molecule has 0 unspecified atom stereocenters. The lowest BCUT2D eigenvalue weighted by atomic mass is 10.0. The van der Waals surface area contributed by atoms with Crippen LogP contribution in [0.25, 0.3) is 21.8 Å². The van der Waals surface area contributed by atoms with Gasteiger partial charge in [-0.15, -0.1) is 0 Å². The van der Waals surface area contributed by atoms with E-state index in [2.05, 4.69) is 48.5 Å². The van der Waals surface area contributed by atoms with E-state index in [1.54, 1.807) is 0 Å². The molecule has 33 heavy (non-hydrogen) atoms. The van der Waals surface area contributed by atoms with E-state index in [0.717, 1.165) is 24.0 Å². The zero-order valence-electron chi connectivity index (χ0n) is 18.0. The van der Waals surface area contributed by atoms with Gasteiger partial charge < -0.3 is 15.0 Å². The average Bonchev–Trinajstić information content (AvgIpc) is 3.41. The first-order valence-corrected chi connectivity index (χ1v) is 12.1. The number of hydrogen-bond acceptors (Lipinski definition) is 7. The molecule has 0 bridgehead atoms. The number of nitrogens with zero attached hydrogens (tertiary/aromatic N) is 3. The Balaban J connectivity index is 1.37. The fourth-order valence-electron chi connectivity index (χ4n) is 4.61. The molecule has 5 rings (SSSR count). The van der Waals surface area contributed by atoms with E-state index >= 15 is 0 Å². The van der Waals surface area contributed by atoms with Gasteiger partial charge in [0, 0.05) is 18.8 Å². The summed E-state index contributed by atoms with van der Waals surface area (Å²) in [4.78, 5) is 8.90. The number of hydrogen-bond donors (Lipinski definition) is 3. The number of benzene rings is 2. The summed E-state index contributed by atoms with van der Waals surface area (Å²) in [5, 5.41) is 17.1. The van der Waals surface area contributed by atoms with Crippen molar-refractivity contribution in [2.75, 3.05) is 12.4 Å². The fourth-order valence-corrected chi connectivity index (χ4v) is 5.33. The van der Waals surface area contributed by atoms with Crippen LogP contribution in [0.5, 0.6) is 0 Å². The summed E-state index contributed by atoms with van der Waals surface area (Å²) in [6.45, 7) is 0.613. The number of anilines is 1. The Morgan fingerprint density at radius 1 is 1.09 bits per heavy atom. The van der Waals surface area contributed by atoms with Crippen LogP contribution in [-0.4, -0.2) is 47.3 Å². The maximum Gasteiger partial charge on any atom is 0.335 e. The minimum atomic E-state index is -3.88. The van der Waals surface area contributed by atoms with Gasteiger partial charge in [-0.3, -0.25) is 4.18 Å². The van der Waals surface area contributed by atoms with E-state index < -0.39 is 22.4 Å². The van der Waals surface area contributed by atoms with Gasteiger partial charge >= 0.3 is 10.3 Å². The highest BCUT2D eigenvalue weighted by molar-refractivity contribution is 7.84. The maximum atomic E-state index is 11.7. The number of aliphatic hydroxyl groups excluding tert-OH is 1. The van der Waals surface area contributed by atoms with Crippen LogP contribution in [0.15, 0.2) is 61.1 Å². The topological polar surface area (TPSA) is 118 Å². The molecule has 3 N–H and O–H groups in total. The molecule has 1 aliphatic carbocycles. The monoisotopic (exact) mass is 467 g/mol. The van der Waals surface area contributed by atoms with Crippen molar-refractivity contribution in [2.45, 2.75) is 37.6 Å². The Morgan fingerprint density at radius 3 is 2.76 bits per heavy atom. The lowest BCUT2D eigenvalue weighted by molar-refractivity contribution is 0.154. The molecule has 0 spiro atoms. The molecule has 0 amide bonds. The SMILES string of the molecule is COS(=O)(=O)N[C@H]1C[C@@H](n2ccc3c(NCc4cccc5ccccc45)ncnc32)C[C@@H]1O. The molecule has 0 saturated heterocycles. The summed E-state index contributed by atoms with van der Waals surface area (Å²) in [7, 11) is -2.79. The Hall–Kier alpha value is -3.05. The third kappa shape index (κ3) is 4.30. The van der Waals surface area contributed by atoms with Crippen molar-refractivity contribution < 1.29 is 17.7 Å². The number of aromatic nitrogens is 3. The van der Waals surface area contributed by atoms with Gasteiger partial charge in [0.25, 0.3) is 0 Å². The molecular weight excluding hydrogens is 442 g/mol. The van der Waals surface area contributed by atoms with Crippen LogP contribution >= 0.6 is 0 Å². The lowest BCUT2D eigenvalue weighted by Gasteiger charge is -2.15. The molecular formula is C23H25N5O4S. The van der Waals surface area contributed by atoms with Crippen LogP contribution < -0.4 is 10.0 Å². The first kappa shape index (κ1) is 21.8. The first-order chi connectivity index (χ1) is 15.9. The molecule has 2 aromatic heterocycles. The zero-order valence-corrected chi connectivity index (χ0v) is 18.9. The lowest BCUT2D eigenvalue weighted by Crippen LogP contribution is -2.40. The van der Waals surface area contributed by atoms with Crippen LogP contribution in [0.2, 0.25) is 0 Å². The van der Waals surface area contributed by atoms with Crippen molar-refractivity contribution in [3.63, 3.8) is 0 Å². The van der Waals surface area contributed by atoms with Crippen molar-refractivity contribution in [1.82, 2.24) is 19.3 Å². The number of rotatable bonds is 7. The molecule has 1 aliphatic rings. The third-order valence-electron chi connectivity index (χ3n) is 6.25. The van der Waals surface area contributed by atoms with Gasteiger partial charge in [0.1, 0.15) is 17.8 Å². The summed E-state index contributed by atoms with van der Waals surface area (Å²) < 4.78 is 32.3. The Morgan fingerprint density at radius 2 is 1.91 bits per heavy atom. The van der Waals surface area contributed by atoms with Gasteiger partial charge in [0.05, 0.1) is 24.6 Å². The van der Waals surface area contributed by atoms with Crippen molar-refractivity contribution in [3.05, 3.63) is 66.6 Å². The number of aliphatic hydroxyl groups is 1. The largest absolute Gasteiger partial charge is 0.391 e. The Kier molecular flexibility index (Phi) is 5.75. The van der Waals surface area contributed by atoms with Crippen molar-refractivity contribution >= 4 is 37.9 Å². The van der Waals surface area contributed by atoms with Crippen molar-refractivity contribution in [3.8, 4) is 0 Å². The van der Waals surface area contributed by atoms with Gasteiger partial charge in [-0.2, -0.15) is 13.1 Å². The quantitative estimate of drug-likeness (QED) is 0.382.